The molecule has 0 aromatic heterocycles. The van der Waals surface area contributed by atoms with Crippen molar-refractivity contribution in [3.05, 3.63) is 22.7 Å². The molecule has 0 aliphatic carbocycles. The number of benzene rings is 1. The summed E-state index contributed by atoms with van der Waals surface area (Å²) >= 11 is 5.80. The molecule has 0 radical (unpaired) electrons. The molecule has 1 fully saturated rings. The summed E-state index contributed by atoms with van der Waals surface area (Å²) in [6.45, 7) is 0. The first kappa shape index (κ1) is 15.6. The maximum absolute atomic E-state index is 12.5. The van der Waals surface area contributed by atoms with Crippen LogP contribution in [0.25, 0.3) is 0 Å². The standard InChI is InChI=1S/C15H13ClO7/c1-21-14(20)15(10-4-5-11(18)22-10)6-8(17)12-9(23-15)3-2-7(16)13(12)19/h2-3,10,19H,4-6H2,1H3/t10-,15-/m1/s1. The minimum absolute atomic E-state index is 0.00133. The maximum atomic E-state index is 12.5. The average Bonchev–Trinajstić information content (AvgIpc) is 2.96. The second kappa shape index (κ2) is 5.42. The van der Waals surface area contributed by atoms with E-state index in [1.807, 2.05) is 0 Å². The van der Waals surface area contributed by atoms with E-state index in [-0.39, 0.29) is 29.2 Å². The van der Waals surface area contributed by atoms with Gasteiger partial charge in [-0.1, -0.05) is 11.6 Å². The van der Waals surface area contributed by atoms with Crippen molar-refractivity contribution in [2.75, 3.05) is 7.11 Å². The Morgan fingerprint density at radius 3 is 2.78 bits per heavy atom. The lowest BCUT2D eigenvalue weighted by Crippen LogP contribution is -2.58. The van der Waals surface area contributed by atoms with Crippen LogP contribution in [-0.4, -0.2) is 41.6 Å². The average molecular weight is 341 g/mol. The van der Waals surface area contributed by atoms with E-state index in [2.05, 4.69) is 0 Å². The molecule has 0 bridgehead atoms. The molecule has 1 saturated heterocycles. The number of esters is 2. The number of cyclic esters (lactones) is 1. The molecule has 2 atom stereocenters. The summed E-state index contributed by atoms with van der Waals surface area (Å²) in [6, 6.07) is 2.72. The Kier molecular flexibility index (Phi) is 3.68. The SMILES string of the molecule is COC(=O)[C@]1([C@H]2CCC(=O)O2)CC(=O)c2c(ccc(Cl)c2O)O1. The van der Waals surface area contributed by atoms with Crippen molar-refractivity contribution in [3.63, 3.8) is 0 Å². The fraction of sp³-hybridized carbons (Fsp3) is 0.400. The first-order chi connectivity index (χ1) is 10.9. The number of hydrogen-bond acceptors (Lipinski definition) is 7. The first-order valence-electron chi connectivity index (χ1n) is 6.90. The number of Topliss-reactive ketones (excluding diaryl/α,β-unsaturated/α-hetero) is 1. The van der Waals surface area contributed by atoms with Crippen LogP contribution in [0.1, 0.15) is 29.6 Å². The molecule has 3 rings (SSSR count). The van der Waals surface area contributed by atoms with Crippen LogP contribution in [0, 0.1) is 0 Å². The van der Waals surface area contributed by atoms with E-state index in [0.717, 1.165) is 7.11 Å². The van der Waals surface area contributed by atoms with Gasteiger partial charge < -0.3 is 19.3 Å². The largest absolute Gasteiger partial charge is 0.505 e. The number of phenols is 1. The fourth-order valence-electron chi connectivity index (χ4n) is 2.91. The molecule has 2 aliphatic heterocycles. The number of phenolic OH excluding ortho intramolecular Hbond substituents is 1. The van der Waals surface area contributed by atoms with Crippen LogP contribution in [-0.2, 0) is 19.1 Å². The van der Waals surface area contributed by atoms with Crippen molar-refractivity contribution >= 4 is 29.3 Å². The fourth-order valence-corrected chi connectivity index (χ4v) is 3.07. The lowest BCUT2D eigenvalue weighted by molar-refractivity contribution is -0.175. The number of hydrogen-bond donors (Lipinski definition) is 1. The summed E-state index contributed by atoms with van der Waals surface area (Å²) in [4.78, 5) is 36.2. The van der Waals surface area contributed by atoms with Gasteiger partial charge in [0.1, 0.15) is 17.1 Å². The first-order valence-corrected chi connectivity index (χ1v) is 7.28. The molecule has 1 aromatic rings. The number of aromatic hydroxyl groups is 1. The van der Waals surface area contributed by atoms with Gasteiger partial charge in [0.15, 0.2) is 11.9 Å². The van der Waals surface area contributed by atoms with Gasteiger partial charge in [0.05, 0.1) is 18.6 Å². The van der Waals surface area contributed by atoms with Crippen LogP contribution >= 0.6 is 11.6 Å². The summed E-state index contributed by atoms with van der Waals surface area (Å²) in [5.41, 5.74) is -1.85. The molecule has 7 nitrogen and oxygen atoms in total. The number of methoxy groups -OCH3 is 1. The van der Waals surface area contributed by atoms with E-state index < -0.39 is 41.6 Å². The van der Waals surface area contributed by atoms with Gasteiger partial charge in [-0.2, -0.15) is 0 Å². The van der Waals surface area contributed by atoms with Gasteiger partial charge in [-0.15, -0.1) is 0 Å². The van der Waals surface area contributed by atoms with Crippen LogP contribution < -0.4 is 4.74 Å². The number of rotatable bonds is 2. The van der Waals surface area contributed by atoms with Crippen molar-refractivity contribution in [1.82, 2.24) is 0 Å². The summed E-state index contributed by atoms with van der Waals surface area (Å²) < 4.78 is 15.6. The molecule has 122 valence electrons. The highest BCUT2D eigenvalue weighted by Crippen LogP contribution is 2.44. The predicted molar refractivity (Wildman–Crippen MR) is 76.6 cm³/mol. The van der Waals surface area contributed by atoms with Crippen molar-refractivity contribution in [2.24, 2.45) is 0 Å². The van der Waals surface area contributed by atoms with Gasteiger partial charge in [0.2, 0.25) is 5.60 Å². The Labute approximate surface area is 136 Å². The lowest BCUT2D eigenvalue weighted by atomic mass is 9.84. The van der Waals surface area contributed by atoms with Gasteiger partial charge in [-0.25, -0.2) is 4.79 Å². The summed E-state index contributed by atoms with van der Waals surface area (Å²) in [5, 5.41) is 9.95. The zero-order valence-electron chi connectivity index (χ0n) is 12.1. The number of halogens is 1. The van der Waals surface area contributed by atoms with Gasteiger partial charge in [-0.05, 0) is 18.6 Å². The molecule has 0 spiro atoms. The Bertz CT molecular complexity index is 714. The third kappa shape index (κ3) is 2.31. The molecule has 2 heterocycles. The second-order valence-corrected chi connectivity index (χ2v) is 5.78. The maximum Gasteiger partial charge on any atom is 0.354 e. The molecule has 1 aromatic carbocycles. The van der Waals surface area contributed by atoms with E-state index in [1.165, 1.54) is 12.1 Å². The molecule has 0 saturated carbocycles. The minimum Gasteiger partial charge on any atom is -0.505 e. The molecule has 23 heavy (non-hydrogen) atoms. The summed E-state index contributed by atoms with van der Waals surface area (Å²) in [7, 11) is 1.16. The molecule has 1 N–H and O–H groups in total. The third-order valence-corrected chi connectivity index (χ3v) is 4.32. The molecular weight excluding hydrogens is 328 g/mol. The van der Waals surface area contributed by atoms with Gasteiger partial charge in [0, 0.05) is 6.42 Å². The molecule has 2 aliphatic rings. The number of ketones is 1. The third-order valence-electron chi connectivity index (χ3n) is 4.02. The van der Waals surface area contributed by atoms with E-state index in [0.29, 0.717) is 0 Å². The van der Waals surface area contributed by atoms with E-state index in [9.17, 15) is 19.5 Å². The summed E-state index contributed by atoms with van der Waals surface area (Å²) in [6.07, 6.45) is -0.994. The zero-order valence-corrected chi connectivity index (χ0v) is 12.9. The van der Waals surface area contributed by atoms with E-state index >= 15 is 0 Å². The molecule has 8 heteroatoms. The van der Waals surface area contributed by atoms with Gasteiger partial charge in [0.25, 0.3) is 0 Å². The highest BCUT2D eigenvalue weighted by atomic mass is 35.5. The van der Waals surface area contributed by atoms with E-state index in [4.69, 9.17) is 25.8 Å². The van der Waals surface area contributed by atoms with Crippen molar-refractivity contribution in [1.29, 1.82) is 0 Å². The van der Waals surface area contributed by atoms with Crippen LogP contribution in [0.3, 0.4) is 0 Å². The van der Waals surface area contributed by atoms with Crippen LogP contribution in [0.15, 0.2) is 12.1 Å². The van der Waals surface area contributed by atoms with Crippen LogP contribution in [0.5, 0.6) is 11.5 Å². The topological polar surface area (TPSA) is 99.1 Å². The summed E-state index contributed by atoms with van der Waals surface area (Å²) in [5.74, 6) is -2.24. The second-order valence-electron chi connectivity index (χ2n) is 5.37. The van der Waals surface area contributed by atoms with E-state index in [1.54, 1.807) is 0 Å². The zero-order chi connectivity index (χ0) is 16.8. The van der Waals surface area contributed by atoms with Crippen LogP contribution in [0.4, 0.5) is 0 Å². The highest BCUT2D eigenvalue weighted by Gasteiger charge is 2.57. The van der Waals surface area contributed by atoms with Crippen LogP contribution in [0.2, 0.25) is 5.02 Å². The highest BCUT2D eigenvalue weighted by molar-refractivity contribution is 6.33. The van der Waals surface area contributed by atoms with Gasteiger partial charge >= 0.3 is 11.9 Å². The molecule has 0 unspecified atom stereocenters. The molecule has 0 amide bonds. The number of fused-ring (bicyclic) bond motifs is 1. The monoisotopic (exact) mass is 340 g/mol. The Balaban J connectivity index is 2.09. The lowest BCUT2D eigenvalue weighted by Gasteiger charge is -2.38. The van der Waals surface area contributed by atoms with Crippen molar-refractivity contribution < 1.29 is 33.7 Å². The van der Waals surface area contributed by atoms with Crippen molar-refractivity contribution in [3.8, 4) is 11.5 Å². The number of carbonyl (C=O) groups is 3. The predicted octanol–water partition coefficient (Wildman–Crippen LogP) is 1.63. The quantitative estimate of drug-likeness (QED) is 0.817. The van der Waals surface area contributed by atoms with Crippen molar-refractivity contribution in [2.45, 2.75) is 31.0 Å². The Morgan fingerprint density at radius 2 is 2.17 bits per heavy atom. The normalized spacial score (nSPS) is 26.3. The molecular formula is C15H13ClO7. The Hall–Kier alpha value is -2.28. The number of ether oxygens (including phenoxy) is 3. The Morgan fingerprint density at radius 1 is 1.43 bits per heavy atom. The number of carbonyl (C=O) groups excluding carboxylic acids is 3. The smallest absolute Gasteiger partial charge is 0.354 e. The minimum atomic E-state index is -1.76. The van der Waals surface area contributed by atoms with Gasteiger partial charge in [-0.3, -0.25) is 9.59 Å².